The van der Waals surface area contributed by atoms with Crippen LogP contribution >= 0.6 is 0 Å². The number of nitrogens with zero attached hydrogens (tertiary/aromatic N) is 4. The fourth-order valence-corrected chi connectivity index (χ4v) is 5.02. The Bertz CT molecular complexity index is 1110. The summed E-state index contributed by atoms with van der Waals surface area (Å²) in [6.07, 6.45) is -0.410. The molecule has 1 fully saturated rings. The third kappa shape index (κ3) is 5.23. The molecule has 2 atom stereocenters. The van der Waals surface area contributed by atoms with Crippen molar-refractivity contribution in [3.8, 4) is 11.4 Å². The van der Waals surface area contributed by atoms with Crippen LogP contribution in [0.3, 0.4) is 0 Å². The van der Waals surface area contributed by atoms with Gasteiger partial charge in [0.2, 0.25) is 0 Å². The van der Waals surface area contributed by atoms with Gasteiger partial charge in [-0.3, -0.25) is 0 Å². The Kier molecular flexibility index (Phi) is 7.35. The van der Waals surface area contributed by atoms with Crippen molar-refractivity contribution in [1.29, 1.82) is 0 Å². The van der Waals surface area contributed by atoms with Gasteiger partial charge in [-0.15, -0.1) is 0 Å². The van der Waals surface area contributed by atoms with E-state index in [-0.39, 0.29) is 23.5 Å². The van der Waals surface area contributed by atoms with E-state index in [0.717, 1.165) is 22.6 Å². The summed E-state index contributed by atoms with van der Waals surface area (Å²) in [6, 6.07) is 6.90. The number of anilines is 2. The van der Waals surface area contributed by atoms with Gasteiger partial charge in [-0.1, -0.05) is 20.8 Å². The molecule has 2 aliphatic heterocycles. The number of hydrogen-bond donors (Lipinski definition) is 3. The van der Waals surface area contributed by atoms with Gasteiger partial charge in [-0.05, 0) is 43.5 Å². The number of benzene rings is 1. The van der Waals surface area contributed by atoms with Crippen LogP contribution in [-0.2, 0) is 11.2 Å². The van der Waals surface area contributed by atoms with E-state index < -0.39 is 6.09 Å². The normalized spacial score (nSPS) is 20.0. The summed E-state index contributed by atoms with van der Waals surface area (Å²) in [5.74, 6) is 1.37. The molecule has 10 nitrogen and oxygen atoms in total. The minimum atomic E-state index is -0.930. The summed E-state index contributed by atoms with van der Waals surface area (Å²) in [5, 5.41) is 15.5. The number of urea groups is 1. The highest BCUT2D eigenvalue weighted by molar-refractivity contribution is 5.89. The number of morpholine rings is 1. The van der Waals surface area contributed by atoms with E-state index in [1.165, 1.54) is 4.90 Å². The first-order valence-electron chi connectivity index (χ1n) is 12.5. The van der Waals surface area contributed by atoms with Crippen molar-refractivity contribution >= 4 is 23.6 Å². The summed E-state index contributed by atoms with van der Waals surface area (Å²) in [5.41, 5.74) is 2.93. The average molecular weight is 497 g/mol. The van der Waals surface area contributed by atoms with Gasteiger partial charge in [-0.2, -0.15) is 0 Å². The highest BCUT2D eigenvalue weighted by Gasteiger charge is 2.43. The lowest BCUT2D eigenvalue weighted by Gasteiger charge is -2.45. The molecule has 0 radical (unpaired) electrons. The van der Waals surface area contributed by atoms with Crippen molar-refractivity contribution in [1.82, 2.24) is 20.2 Å². The van der Waals surface area contributed by atoms with E-state index >= 15 is 0 Å². The molecule has 3 N–H and O–H groups in total. The first-order valence-corrected chi connectivity index (χ1v) is 12.5. The molecule has 0 spiro atoms. The zero-order chi connectivity index (χ0) is 26.0. The third-order valence-electron chi connectivity index (χ3n) is 6.62. The molecule has 2 aliphatic rings. The Hall–Kier alpha value is -3.40. The van der Waals surface area contributed by atoms with E-state index in [1.807, 2.05) is 31.2 Å². The second-order valence-electron chi connectivity index (χ2n) is 10.4. The van der Waals surface area contributed by atoms with E-state index in [0.29, 0.717) is 50.8 Å². The van der Waals surface area contributed by atoms with Gasteiger partial charge < -0.3 is 30.3 Å². The fourth-order valence-electron chi connectivity index (χ4n) is 5.02. The number of amides is 3. The molecular formula is C26H36N6O4. The molecule has 194 valence electrons. The van der Waals surface area contributed by atoms with E-state index in [4.69, 9.17) is 14.7 Å². The molecule has 2 aromatic rings. The molecule has 0 bridgehead atoms. The van der Waals surface area contributed by atoms with Crippen LogP contribution in [0.25, 0.3) is 11.4 Å². The number of ether oxygens (including phenoxy) is 1. The van der Waals surface area contributed by atoms with Crippen LogP contribution in [0.15, 0.2) is 24.3 Å². The van der Waals surface area contributed by atoms with Crippen molar-refractivity contribution in [2.45, 2.75) is 53.1 Å². The second-order valence-corrected chi connectivity index (χ2v) is 10.4. The van der Waals surface area contributed by atoms with Crippen LogP contribution in [-0.4, -0.2) is 71.0 Å². The Morgan fingerprint density at radius 1 is 1.17 bits per heavy atom. The number of hydrogen-bond acceptors (Lipinski definition) is 6. The van der Waals surface area contributed by atoms with Crippen molar-refractivity contribution in [2.75, 3.05) is 43.1 Å². The van der Waals surface area contributed by atoms with Gasteiger partial charge in [0.05, 0.1) is 31.0 Å². The number of fused-ring (bicyclic) bond motifs is 1. The number of rotatable bonds is 4. The van der Waals surface area contributed by atoms with Crippen LogP contribution in [0.4, 0.5) is 21.1 Å². The smallest absolute Gasteiger partial charge is 0.407 e. The molecule has 10 heteroatoms. The molecule has 36 heavy (non-hydrogen) atoms. The lowest BCUT2D eigenvalue weighted by molar-refractivity contribution is 0.0739. The zero-order valence-corrected chi connectivity index (χ0v) is 21.7. The highest BCUT2D eigenvalue weighted by atomic mass is 16.5. The van der Waals surface area contributed by atoms with Gasteiger partial charge in [0.1, 0.15) is 5.82 Å². The maximum Gasteiger partial charge on any atom is 0.407 e. The standard InChI is InChI=1S/C26H36N6O4/c1-6-27-24(33)28-18-9-7-17(8-10-18)22-29-19-11-12-32(25(34)35)21(26(3,4)5)20(19)23(30-22)31-13-14-36-15-16(31)2/h7-10,16,21H,6,11-15H2,1-5H3,(H,34,35)(H2,27,28,33)/t16?,21-/m0/s1. The third-order valence-corrected chi connectivity index (χ3v) is 6.62. The topological polar surface area (TPSA) is 120 Å². The Labute approximate surface area is 212 Å². The van der Waals surface area contributed by atoms with Crippen LogP contribution in [0.2, 0.25) is 0 Å². The van der Waals surface area contributed by atoms with Gasteiger partial charge in [0.15, 0.2) is 5.82 Å². The van der Waals surface area contributed by atoms with Crippen molar-refractivity contribution in [2.24, 2.45) is 5.41 Å². The summed E-state index contributed by atoms with van der Waals surface area (Å²) in [4.78, 5) is 37.8. The largest absolute Gasteiger partial charge is 0.465 e. The van der Waals surface area contributed by atoms with E-state index in [2.05, 4.69) is 43.2 Å². The van der Waals surface area contributed by atoms with Crippen molar-refractivity contribution in [3.05, 3.63) is 35.5 Å². The fraction of sp³-hybridized carbons (Fsp3) is 0.538. The lowest BCUT2D eigenvalue weighted by Crippen LogP contribution is -2.49. The molecule has 1 aromatic heterocycles. The predicted molar refractivity (Wildman–Crippen MR) is 138 cm³/mol. The molecule has 1 aromatic carbocycles. The Morgan fingerprint density at radius 2 is 1.89 bits per heavy atom. The quantitative estimate of drug-likeness (QED) is 0.582. The summed E-state index contributed by atoms with van der Waals surface area (Å²) >= 11 is 0. The molecule has 1 unspecified atom stereocenters. The van der Waals surface area contributed by atoms with Gasteiger partial charge in [0.25, 0.3) is 0 Å². The van der Waals surface area contributed by atoms with Gasteiger partial charge in [0, 0.05) is 42.9 Å². The van der Waals surface area contributed by atoms with Crippen LogP contribution in [0, 0.1) is 5.41 Å². The predicted octanol–water partition coefficient (Wildman–Crippen LogP) is 4.13. The number of carbonyl (C=O) groups is 2. The number of nitrogens with one attached hydrogen (secondary N) is 2. The number of aromatic nitrogens is 2. The van der Waals surface area contributed by atoms with Gasteiger partial charge in [-0.25, -0.2) is 19.6 Å². The maximum absolute atomic E-state index is 12.2. The maximum atomic E-state index is 12.2. The van der Waals surface area contributed by atoms with Crippen LogP contribution in [0.1, 0.15) is 51.9 Å². The molecule has 4 rings (SSSR count). The number of carboxylic acid groups (broad SMARTS) is 1. The Morgan fingerprint density at radius 3 is 2.50 bits per heavy atom. The summed E-state index contributed by atoms with van der Waals surface area (Å²) in [6.45, 7) is 12.9. The number of carbonyl (C=O) groups excluding carboxylic acids is 1. The summed E-state index contributed by atoms with van der Waals surface area (Å²) in [7, 11) is 0. The molecule has 3 amide bonds. The monoisotopic (exact) mass is 496 g/mol. The molecule has 0 saturated carbocycles. The van der Waals surface area contributed by atoms with Gasteiger partial charge >= 0.3 is 12.1 Å². The first kappa shape index (κ1) is 25.7. The molecule has 1 saturated heterocycles. The lowest BCUT2D eigenvalue weighted by atomic mass is 9.78. The van der Waals surface area contributed by atoms with E-state index in [9.17, 15) is 14.7 Å². The minimum absolute atomic E-state index is 0.0927. The van der Waals surface area contributed by atoms with E-state index in [1.54, 1.807) is 0 Å². The van der Waals surface area contributed by atoms with Crippen molar-refractivity contribution < 1.29 is 19.4 Å². The average Bonchev–Trinajstić information content (AvgIpc) is 2.83. The molecule has 0 aliphatic carbocycles. The second kappa shape index (κ2) is 10.3. The highest BCUT2D eigenvalue weighted by Crippen LogP contribution is 2.46. The zero-order valence-electron chi connectivity index (χ0n) is 21.7. The SMILES string of the molecule is CCNC(=O)Nc1ccc(-c2nc3c(c(N4CCOCC4C)n2)[C@@H](C(C)(C)C)N(C(=O)O)CC3)cc1. The molecule has 3 heterocycles. The van der Waals surface area contributed by atoms with Crippen LogP contribution in [0.5, 0.6) is 0 Å². The Balaban J connectivity index is 1.81. The first-order chi connectivity index (χ1) is 17.1. The summed E-state index contributed by atoms with van der Waals surface area (Å²) < 4.78 is 5.68. The minimum Gasteiger partial charge on any atom is -0.465 e. The van der Waals surface area contributed by atoms with Crippen molar-refractivity contribution in [3.63, 3.8) is 0 Å². The van der Waals surface area contributed by atoms with Crippen LogP contribution < -0.4 is 15.5 Å². The molecular weight excluding hydrogens is 460 g/mol.